The van der Waals surface area contributed by atoms with Crippen LogP contribution in [0, 0.1) is 0 Å². The highest BCUT2D eigenvalue weighted by molar-refractivity contribution is 6.08. The zero-order chi connectivity index (χ0) is 35.1. The van der Waals surface area contributed by atoms with Crippen LogP contribution in [0.25, 0.3) is 77.9 Å². The third kappa shape index (κ3) is 5.63. The van der Waals surface area contributed by atoms with Gasteiger partial charge in [0, 0.05) is 39.0 Å². The number of hydrogen-bond donors (Lipinski definition) is 0. The lowest BCUT2D eigenvalue weighted by Crippen LogP contribution is -2.09. The Hall–Kier alpha value is -7.17. The number of para-hydroxylation sites is 1. The summed E-state index contributed by atoms with van der Waals surface area (Å²) in [6.45, 7) is 0. The molecule has 0 saturated carbocycles. The molecule has 0 atom stereocenters. The van der Waals surface area contributed by atoms with Crippen molar-refractivity contribution in [1.29, 1.82) is 0 Å². The van der Waals surface area contributed by atoms with Crippen LogP contribution in [-0.4, -0.2) is 4.98 Å². The third-order valence-corrected chi connectivity index (χ3v) is 9.93. The van der Waals surface area contributed by atoms with Crippen molar-refractivity contribution in [3.63, 3.8) is 0 Å². The lowest BCUT2D eigenvalue weighted by molar-refractivity contribution is 0.621. The van der Waals surface area contributed by atoms with E-state index in [9.17, 15) is 0 Å². The van der Waals surface area contributed by atoms with E-state index in [4.69, 9.17) is 13.8 Å². The second kappa shape index (κ2) is 12.9. The van der Waals surface area contributed by atoms with Crippen molar-refractivity contribution < 1.29 is 8.83 Å². The van der Waals surface area contributed by atoms with Gasteiger partial charge in [0.25, 0.3) is 0 Å². The number of nitrogens with zero attached hydrogens (tertiary/aromatic N) is 2. The van der Waals surface area contributed by atoms with Crippen LogP contribution in [0.15, 0.2) is 203 Å². The Balaban J connectivity index is 1.06. The molecule has 2 aromatic heterocycles. The molecule has 4 heteroatoms. The summed E-state index contributed by atoms with van der Waals surface area (Å²) in [5.74, 6) is 0.611. The molecule has 10 aromatic rings. The van der Waals surface area contributed by atoms with E-state index in [1.165, 1.54) is 22.3 Å². The van der Waals surface area contributed by atoms with Crippen molar-refractivity contribution >= 4 is 50.1 Å². The van der Waals surface area contributed by atoms with Gasteiger partial charge in [0.2, 0.25) is 5.89 Å². The maximum atomic E-state index is 6.51. The number of aromatic nitrogens is 1. The molecule has 2 heterocycles. The molecule has 0 unspecified atom stereocenters. The van der Waals surface area contributed by atoms with Crippen LogP contribution in [0.1, 0.15) is 0 Å². The predicted molar refractivity (Wildman–Crippen MR) is 218 cm³/mol. The largest absolute Gasteiger partial charge is 0.456 e. The number of furan rings is 1. The standard InChI is InChI=1S/C49H32N2O2/c1-4-11-33(12-5-1)35-19-24-39(25-20-35)51(40-26-21-36(22-27-40)34-13-6-2-7-14-34)41-28-30-46-44(32-41)43-29-23-38(31-47(43)52-46)42-17-10-18-45-48(42)53-49(50-45)37-15-8-3-9-16-37/h1-32H. The van der Waals surface area contributed by atoms with E-state index < -0.39 is 0 Å². The molecule has 0 N–H and O–H groups in total. The molecule has 0 aliphatic heterocycles. The monoisotopic (exact) mass is 680 g/mol. The summed E-state index contributed by atoms with van der Waals surface area (Å²) in [7, 11) is 0. The number of rotatable bonds is 7. The SMILES string of the molecule is c1ccc(-c2ccc(N(c3ccc(-c4ccccc4)cc3)c3ccc4oc5cc(-c6cccc7nc(-c8ccccc8)oc67)ccc5c4c3)cc2)cc1. The van der Waals surface area contributed by atoms with Gasteiger partial charge in [-0.05, 0) is 101 Å². The number of anilines is 3. The van der Waals surface area contributed by atoms with E-state index in [0.29, 0.717) is 5.89 Å². The molecule has 0 spiro atoms. The lowest BCUT2D eigenvalue weighted by Gasteiger charge is -2.26. The molecule has 10 rings (SSSR count). The van der Waals surface area contributed by atoms with Crippen LogP contribution >= 0.6 is 0 Å². The van der Waals surface area contributed by atoms with Crippen LogP contribution in [0.3, 0.4) is 0 Å². The number of fused-ring (bicyclic) bond motifs is 4. The molecule has 250 valence electrons. The minimum Gasteiger partial charge on any atom is -0.456 e. The van der Waals surface area contributed by atoms with Crippen molar-refractivity contribution in [2.45, 2.75) is 0 Å². The van der Waals surface area contributed by atoms with Crippen LogP contribution in [0.4, 0.5) is 17.1 Å². The van der Waals surface area contributed by atoms with Gasteiger partial charge in [-0.2, -0.15) is 0 Å². The first-order valence-electron chi connectivity index (χ1n) is 17.8. The molecule has 0 radical (unpaired) electrons. The Morgan fingerprint density at radius 3 is 1.53 bits per heavy atom. The van der Waals surface area contributed by atoms with Gasteiger partial charge >= 0.3 is 0 Å². The van der Waals surface area contributed by atoms with E-state index >= 15 is 0 Å². The fourth-order valence-corrected chi connectivity index (χ4v) is 7.27. The molecule has 0 fully saturated rings. The Morgan fingerprint density at radius 1 is 0.358 bits per heavy atom. The maximum absolute atomic E-state index is 6.51. The average molecular weight is 681 g/mol. The van der Waals surface area contributed by atoms with Gasteiger partial charge < -0.3 is 13.7 Å². The summed E-state index contributed by atoms with van der Waals surface area (Å²) < 4.78 is 12.9. The van der Waals surface area contributed by atoms with Gasteiger partial charge in [-0.1, -0.05) is 121 Å². The van der Waals surface area contributed by atoms with E-state index in [0.717, 1.165) is 66.8 Å². The number of oxazole rings is 1. The fraction of sp³-hybridized carbons (Fsp3) is 0. The molecule has 53 heavy (non-hydrogen) atoms. The fourth-order valence-electron chi connectivity index (χ4n) is 7.27. The molecule has 0 bridgehead atoms. The van der Waals surface area contributed by atoms with E-state index in [1.54, 1.807) is 0 Å². The molecular weight excluding hydrogens is 649 g/mol. The summed E-state index contributed by atoms with van der Waals surface area (Å²) in [5, 5.41) is 2.11. The minimum atomic E-state index is 0.611. The third-order valence-electron chi connectivity index (χ3n) is 9.93. The van der Waals surface area contributed by atoms with Crippen molar-refractivity contribution in [2.75, 3.05) is 4.90 Å². The van der Waals surface area contributed by atoms with Crippen molar-refractivity contribution in [1.82, 2.24) is 4.98 Å². The predicted octanol–water partition coefficient (Wildman–Crippen LogP) is 13.9. The first kappa shape index (κ1) is 30.6. The van der Waals surface area contributed by atoms with Crippen molar-refractivity contribution in [3.05, 3.63) is 194 Å². The lowest BCUT2D eigenvalue weighted by atomic mass is 10.0. The molecule has 0 saturated heterocycles. The van der Waals surface area contributed by atoms with Crippen LogP contribution in [0.2, 0.25) is 0 Å². The second-order valence-corrected chi connectivity index (χ2v) is 13.2. The average Bonchev–Trinajstić information content (AvgIpc) is 3.84. The summed E-state index contributed by atoms with van der Waals surface area (Å²) in [5.41, 5.74) is 14.1. The van der Waals surface area contributed by atoms with E-state index in [1.807, 2.05) is 54.6 Å². The zero-order valence-electron chi connectivity index (χ0n) is 28.7. The molecule has 0 aliphatic carbocycles. The molecule has 0 amide bonds. The zero-order valence-corrected chi connectivity index (χ0v) is 28.7. The molecule has 8 aromatic carbocycles. The number of hydrogen-bond acceptors (Lipinski definition) is 4. The summed E-state index contributed by atoms with van der Waals surface area (Å²) in [4.78, 5) is 7.10. The maximum Gasteiger partial charge on any atom is 0.227 e. The Kier molecular flexibility index (Phi) is 7.43. The van der Waals surface area contributed by atoms with Crippen LogP contribution in [-0.2, 0) is 0 Å². The highest BCUT2D eigenvalue weighted by atomic mass is 16.3. The van der Waals surface area contributed by atoms with E-state index in [-0.39, 0.29) is 0 Å². The molecule has 0 aliphatic rings. The normalized spacial score (nSPS) is 11.4. The van der Waals surface area contributed by atoms with Gasteiger partial charge in [0.15, 0.2) is 5.58 Å². The van der Waals surface area contributed by atoms with Crippen LogP contribution in [0.5, 0.6) is 0 Å². The summed E-state index contributed by atoms with van der Waals surface area (Å²) in [6, 6.07) is 67.5. The highest BCUT2D eigenvalue weighted by Gasteiger charge is 2.18. The van der Waals surface area contributed by atoms with Crippen LogP contribution < -0.4 is 4.90 Å². The summed E-state index contributed by atoms with van der Waals surface area (Å²) >= 11 is 0. The van der Waals surface area contributed by atoms with Gasteiger partial charge in [0.05, 0.1) is 0 Å². The van der Waals surface area contributed by atoms with Gasteiger partial charge in [0.1, 0.15) is 16.7 Å². The van der Waals surface area contributed by atoms with Crippen molar-refractivity contribution in [3.8, 4) is 44.8 Å². The van der Waals surface area contributed by atoms with Gasteiger partial charge in [-0.25, -0.2) is 4.98 Å². The van der Waals surface area contributed by atoms with Gasteiger partial charge in [-0.15, -0.1) is 0 Å². The Morgan fingerprint density at radius 2 is 0.906 bits per heavy atom. The first-order valence-corrected chi connectivity index (χ1v) is 17.8. The second-order valence-electron chi connectivity index (χ2n) is 13.2. The smallest absolute Gasteiger partial charge is 0.227 e. The van der Waals surface area contributed by atoms with Crippen molar-refractivity contribution in [2.24, 2.45) is 0 Å². The van der Waals surface area contributed by atoms with Gasteiger partial charge in [-0.3, -0.25) is 0 Å². The quantitative estimate of drug-likeness (QED) is 0.168. The Bertz CT molecular complexity index is 2770. The molecular formula is C49H32N2O2. The topological polar surface area (TPSA) is 42.4 Å². The first-order chi connectivity index (χ1) is 26.2. The Labute approximate surface area is 306 Å². The number of benzene rings is 8. The van der Waals surface area contributed by atoms with E-state index in [2.05, 4.69) is 144 Å². The molecule has 4 nitrogen and oxygen atoms in total. The summed E-state index contributed by atoms with van der Waals surface area (Å²) in [6.07, 6.45) is 0. The minimum absolute atomic E-state index is 0.611. The highest BCUT2D eigenvalue weighted by Crippen LogP contribution is 2.41.